The number of hydrogen-bond acceptors (Lipinski definition) is 3. The van der Waals surface area contributed by atoms with E-state index in [-0.39, 0.29) is 32.0 Å². The van der Waals surface area contributed by atoms with Gasteiger partial charge in [0, 0.05) is 19.4 Å². The molecule has 1 rings (SSSR count). The third kappa shape index (κ3) is 28.7. The van der Waals surface area contributed by atoms with Crippen LogP contribution in [-0.2, 0) is 9.47 Å². The van der Waals surface area contributed by atoms with Crippen LogP contribution in [0.5, 0.6) is 0 Å². The van der Waals surface area contributed by atoms with Gasteiger partial charge in [0.2, 0.25) is 0 Å². The number of unbranched alkanes of at least 4 members (excludes halogenated alkanes) is 24. The molecular weight excluding hydrogens is 585 g/mol. The quantitative estimate of drug-likeness (QED) is 0.0540. The molecule has 0 unspecified atom stereocenters. The molecule has 0 saturated carbocycles. The van der Waals surface area contributed by atoms with Gasteiger partial charge in [-0.05, 0) is 77.0 Å². The largest absolute Gasteiger partial charge is 0.396 e. The maximum Gasteiger partial charge on any atom is 0.168 e. The molecule has 46 heavy (non-hydrogen) atoms. The molecule has 0 spiro atoms. The summed E-state index contributed by atoms with van der Waals surface area (Å²) in [5, 5.41) is 9.27. The van der Waals surface area contributed by atoms with Gasteiger partial charge in [0.25, 0.3) is 0 Å². The molecule has 0 bridgehead atoms. The molecule has 1 atom stereocenters. The van der Waals surface area contributed by atoms with Crippen molar-refractivity contribution < 1.29 is 14.6 Å². The van der Waals surface area contributed by atoms with Gasteiger partial charge >= 0.3 is 0 Å². The second-order valence-electron chi connectivity index (χ2n) is 14.2. The highest BCUT2D eigenvalue weighted by Crippen LogP contribution is 2.36. The lowest BCUT2D eigenvalue weighted by Crippen LogP contribution is -2.31. The van der Waals surface area contributed by atoms with Gasteiger partial charge in [0.15, 0.2) is 5.79 Å². The molecule has 274 valence electrons. The molecular formula is C42H82O3S. The van der Waals surface area contributed by atoms with E-state index in [0.717, 1.165) is 25.7 Å². The number of hydrogen-bond donors (Lipinski definition) is 1. The maximum absolute atomic E-state index is 9.27. The zero-order valence-electron chi connectivity index (χ0n) is 31.2. The van der Waals surface area contributed by atoms with Crippen LogP contribution in [0.2, 0.25) is 0 Å². The average molecular weight is 667 g/mol. The van der Waals surface area contributed by atoms with Crippen LogP contribution in [0, 0.1) is 0 Å². The Morgan fingerprint density at radius 1 is 0.500 bits per heavy atom. The van der Waals surface area contributed by atoms with Gasteiger partial charge in [-0.25, -0.2) is 0 Å². The van der Waals surface area contributed by atoms with Crippen LogP contribution < -0.4 is 0 Å². The summed E-state index contributed by atoms with van der Waals surface area (Å²) in [7, 11) is 0. The van der Waals surface area contributed by atoms with Crippen LogP contribution in [0.1, 0.15) is 219 Å². The zero-order valence-corrected chi connectivity index (χ0v) is 32.2. The van der Waals surface area contributed by atoms with E-state index >= 15 is 0 Å². The summed E-state index contributed by atoms with van der Waals surface area (Å²) in [6.07, 6.45) is 51.2. The maximum atomic E-state index is 9.27. The van der Waals surface area contributed by atoms with Crippen molar-refractivity contribution in [3.05, 3.63) is 24.3 Å². The highest BCUT2D eigenvalue weighted by Gasteiger charge is 2.40. The molecule has 1 saturated heterocycles. The fraction of sp³-hybridized carbons (Fsp3) is 0.905. The van der Waals surface area contributed by atoms with E-state index in [1.165, 1.54) is 180 Å². The lowest BCUT2D eigenvalue weighted by Gasteiger charge is -2.28. The molecule has 1 fully saturated rings. The lowest BCUT2D eigenvalue weighted by molar-refractivity contribution is -0.180. The standard InChI is InChI=1S/C42H80O3.H2S/c1-3-5-7-9-11-13-15-17-19-21-23-25-27-29-31-33-37-42(44-40-41(45-42)36-35-39-43)38-34-32-30-28-26-24-22-20-18-16-14-12-10-8-6-4-2;/h17-20,41,43H,3-16,21-40H2,1-2H3;1H2/b19-17-,20-18-;/t41-;/m0./s1. The van der Waals surface area contributed by atoms with Crippen LogP contribution in [0.15, 0.2) is 24.3 Å². The number of aliphatic hydroxyl groups excluding tert-OH is 1. The third-order valence-electron chi connectivity index (χ3n) is 9.74. The second kappa shape index (κ2) is 36.0. The summed E-state index contributed by atoms with van der Waals surface area (Å²) in [6, 6.07) is 0. The van der Waals surface area contributed by atoms with Crippen molar-refractivity contribution >= 4 is 13.5 Å². The van der Waals surface area contributed by atoms with Gasteiger partial charge in [0.05, 0.1) is 12.7 Å². The highest BCUT2D eigenvalue weighted by molar-refractivity contribution is 7.59. The number of aliphatic hydroxyl groups is 1. The van der Waals surface area contributed by atoms with E-state index in [2.05, 4.69) is 38.2 Å². The first-order chi connectivity index (χ1) is 22.3. The van der Waals surface area contributed by atoms with E-state index in [1.807, 2.05) is 0 Å². The SMILES string of the molecule is CCCCCCCC/C=C\CCCCCCCCC1(CCCCCCCC/C=C\CCCCCCCC)OC[C@H](CCCO)O1.S. The monoisotopic (exact) mass is 667 g/mol. The summed E-state index contributed by atoms with van der Waals surface area (Å²) >= 11 is 0. The van der Waals surface area contributed by atoms with Crippen LogP contribution in [0.4, 0.5) is 0 Å². The molecule has 0 aliphatic carbocycles. The predicted octanol–water partition coefficient (Wildman–Crippen LogP) is 13.8. The Morgan fingerprint density at radius 3 is 1.22 bits per heavy atom. The fourth-order valence-electron chi connectivity index (χ4n) is 6.75. The molecule has 1 N–H and O–H groups in total. The fourth-order valence-corrected chi connectivity index (χ4v) is 6.75. The van der Waals surface area contributed by atoms with E-state index in [4.69, 9.17) is 9.47 Å². The van der Waals surface area contributed by atoms with Crippen LogP contribution in [0.3, 0.4) is 0 Å². The molecule has 1 aliphatic rings. The molecule has 4 heteroatoms. The molecule has 1 heterocycles. The summed E-state index contributed by atoms with van der Waals surface area (Å²) in [6.45, 7) is 5.53. The van der Waals surface area contributed by atoms with Crippen molar-refractivity contribution in [2.75, 3.05) is 13.2 Å². The molecule has 0 aromatic rings. The van der Waals surface area contributed by atoms with Gasteiger partial charge < -0.3 is 14.6 Å². The Morgan fingerprint density at radius 2 is 0.848 bits per heavy atom. The van der Waals surface area contributed by atoms with Crippen molar-refractivity contribution in [2.24, 2.45) is 0 Å². The zero-order chi connectivity index (χ0) is 32.4. The minimum atomic E-state index is -0.359. The molecule has 0 amide bonds. The van der Waals surface area contributed by atoms with Crippen LogP contribution in [0.25, 0.3) is 0 Å². The van der Waals surface area contributed by atoms with Gasteiger partial charge in [-0.2, -0.15) is 13.5 Å². The van der Waals surface area contributed by atoms with Crippen molar-refractivity contribution in [3.8, 4) is 0 Å². The Balaban J connectivity index is 0.0000202. The molecule has 1 aliphatic heterocycles. The van der Waals surface area contributed by atoms with Crippen molar-refractivity contribution in [2.45, 2.75) is 231 Å². The first-order valence-electron chi connectivity index (χ1n) is 20.5. The average Bonchev–Trinajstić information content (AvgIpc) is 3.46. The first kappa shape index (κ1) is 45.7. The van der Waals surface area contributed by atoms with E-state index in [9.17, 15) is 5.11 Å². The van der Waals surface area contributed by atoms with E-state index in [1.54, 1.807) is 0 Å². The van der Waals surface area contributed by atoms with Gasteiger partial charge in [-0.3, -0.25) is 0 Å². The number of ether oxygens (including phenoxy) is 2. The van der Waals surface area contributed by atoms with Crippen molar-refractivity contribution in [3.63, 3.8) is 0 Å². The van der Waals surface area contributed by atoms with Crippen LogP contribution >= 0.6 is 13.5 Å². The minimum absolute atomic E-state index is 0. The second-order valence-corrected chi connectivity index (χ2v) is 14.2. The summed E-state index contributed by atoms with van der Waals surface area (Å²) in [5.41, 5.74) is 0. The molecule has 0 aromatic carbocycles. The number of allylic oxidation sites excluding steroid dienone is 4. The van der Waals surface area contributed by atoms with Gasteiger partial charge in [0.1, 0.15) is 0 Å². The summed E-state index contributed by atoms with van der Waals surface area (Å²) in [4.78, 5) is 0. The topological polar surface area (TPSA) is 38.7 Å². The normalized spacial score (nSPS) is 16.2. The third-order valence-corrected chi connectivity index (χ3v) is 9.74. The van der Waals surface area contributed by atoms with E-state index < -0.39 is 0 Å². The van der Waals surface area contributed by atoms with Crippen molar-refractivity contribution in [1.82, 2.24) is 0 Å². The minimum Gasteiger partial charge on any atom is -0.396 e. The summed E-state index contributed by atoms with van der Waals surface area (Å²) in [5.74, 6) is -0.359. The summed E-state index contributed by atoms with van der Waals surface area (Å²) < 4.78 is 12.9. The highest BCUT2D eigenvalue weighted by atomic mass is 32.1. The smallest absolute Gasteiger partial charge is 0.168 e. The van der Waals surface area contributed by atoms with Gasteiger partial charge in [-0.1, -0.05) is 154 Å². The first-order valence-corrected chi connectivity index (χ1v) is 20.5. The Hall–Kier alpha value is -0.290. The Bertz CT molecular complexity index is 607. The molecule has 0 aromatic heterocycles. The van der Waals surface area contributed by atoms with Gasteiger partial charge in [-0.15, -0.1) is 0 Å². The Labute approximate surface area is 296 Å². The molecule has 3 nitrogen and oxygen atoms in total. The van der Waals surface area contributed by atoms with Crippen LogP contribution in [-0.4, -0.2) is 30.2 Å². The van der Waals surface area contributed by atoms with E-state index in [0.29, 0.717) is 6.61 Å². The lowest BCUT2D eigenvalue weighted by atomic mass is 9.98. The number of rotatable bonds is 35. The predicted molar refractivity (Wildman–Crippen MR) is 208 cm³/mol. The molecule has 0 radical (unpaired) electrons. The Kier molecular flexibility index (Phi) is 35.8. The van der Waals surface area contributed by atoms with Crippen molar-refractivity contribution in [1.29, 1.82) is 0 Å².